The molecule has 1 aliphatic rings. The number of carbonyl (C=O) groups is 1. The molecule has 21 heavy (non-hydrogen) atoms. The third-order valence-corrected chi connectivity index (χ3v) is 3.84. The monoisotopic (exact) mass is 292 g/mol. The quantitative estimate of drug-likeness (QED) is 0.876. The van der Waals surface area contributed by atoms with E-state index in [1.807, 2.05) is 18.2 Å². The van der Waals surface area contributed by atoms with E-state index in [4.69, 9.17) is 9.47 Å². The van der Waals surface area contributed by atoms with E-state index in [2.05, 4.69) is 10.6 Å². The van der Waals surface area contributed by atoms with Crippen LogP contribution in [-0.2, 0) is 9.53 Å². The van der Waals surface area contributed by atoms with Crippen LogP contribution in [0.5, 0.6) is 5.75 Å². The van der Waals surface area contributed by atoms with E-state index in [0.717, 1.165) is 24.9 Å². The molecule has 116 valence electrons. The molecule has 1 aromatic rings. The third kappa shape index (κ3) is 4.36. The van der Waals surface area contributed by atoms with Gasteiger partial charge in [0.05, 0.1) is 18.9 Å². The van der Waals surface area contributed by atoms with Crippen molar-refractivity contribution >= 4 is 17.3 Å². The summed E-state index contributed by atoms with van der Waals surface area (Å²) in [4.78, 5) is 11.2. The van der Waals surface area contributed by atoms with Gasteiger partial charge in [-0.25, -0.2) is 0 Å². The molecule has 2 atom stereocenters. The zero-order chi connectivity index (χ0) is 15.2. The SMILES string of the molecule is COc1cc(NC2CCCC(OC)C2)ccc1NC(C)=O. The summed E-state index contributed by atoms with van der Waals surface area (Å²) in [5, 5.41) is 6.29. The van der Waals surface area contributed by atoms with Crippen molar-refractivity contribution in [3.8, 4) is 5.75 Å². The highest BCUT2D eigenvalue weighted by atomic mass is 16.5. The van der Waals surface area contributed by atoms with Gasteiger partial charge in [0.2, 0.25) is 5.91 Å². The van der Waals surface area contributed by atoms with Gasteiger partial charge in [-0.15, -0.1) is 0 Å². The summed E-state index contributed by atoms with van der Waals surface area (Å²) >= 11 is 0. The Morgan fingerprint density at radius 3 is 2.76 bits per heavy atom. The first-order valence-corrected chi connectivity index (χ1v) is 7.37. The fourth-order valence-corrected chi connectivity index (χ4v) is 2.80. The molecule has 0 heterocycles. The van der Waals surface area contributed by atoms with Crippen molar-refractivity contribution in [1.29, 1.82) is 0 Å². The van der Waals surface area contributed by atoms with Gasteiger partial charge in [0, 0.05) is 31.8 Å². The van der Waals surface area contributed by atoms with Crippen LogP contribution in [0, 0.1) is 0 Å². The molecule has 5 heteroatoms. The number of hydrogen-bond donors (Lipinski definition) is 2. The molecular weight excluding hydrogens is 268 g/mol. The number of benzene rings is 1. The molecule has 1 aliphatic carbocycles. The number of rotatable bonds is 5. The van der Waals surface area contributed by atoms with E-state index >= 15 is 0 Å². The second kappa shape index (κ2) is 7.31. The highest BCUT2D eigenvalue weighted by Crippen LogP contribution is 2.30. The van der Waals surface area contributed by atoms with Crippen molar-refractivity contribution in [2.24, 2.45) is 0 Å². The van der Waals surface area contributed by atoms with Gasteiger partial charge in [0.25, 0.3) is 0 Å². The van der Waals surface area contributed by atoms with Crippen LogP contribution < -0.4 is 15.4 Å². The van der Waals surface area contributed by atoms with Gasteiger partial charge in [0.1, 0.15) is 5.75 Å². The fraction of sp³-hybridized carbons (Fsp3) is 0.562. The zero-order valence-corrected chi connectivity index (χ0v) is 12.9. The van der Waals surface area contributed by atoms with Crippen molar-refractivity contribution < 1.29 is 14.3 Å². The van der Waals surface area contributed by atoms with E-state index in [1.54, 1.807) is 14.2 Å². The van der Waals surface area contributed by atoms with Gasteiger partial charge in [-0.05, 0) is 37.8 Å². The number of carbonyl (C=O) groups excluding carboxylic acids is 1. The summed E-state index contributed by atoms with van der Waals surface area (Å²) in [5.74, 6) is 0.554. The number of amides is 1. The van der Waals surface area contributed by atoms with Gasteiger partial charge in [-0.3, -0.25) is 4.79 Å². The first-order chi connectivity index (χ1) is 10.1. The van der Waals surface area contributed by atoms with Crippen LogP contribution in [0.25, 0.3) is 0 Å². The molecule has 2 N–H and O–H groups in total. The lowest BCUT2D eigenvalue weighted by Crippen LogP contribution is -2.31. The molecular formula is C16H24N2O3. The Labute approximate surface area is 126 Å². The molecule has 1 amide bonds. The largest absolute Gasteiger partial charge is 0.494 e. The number of anilines is 2. The molecule has 1 aromatic carbocycles. The molecule has 0 saturated heterocycles. The maximum absolute atomic E-state index is 11.2. The molecule has 5 nitrogen and oxygen atoms in total. The number of methoxy groups -OCH3 is 2. The van der Waals surface area contributed by atoms with Crippen molar-refractivity contribution in [2.45, 2.75) is 44.8 Å². The highest BCUT2D eigenvalue weighted by Gasteiger charge is 2.21. The van der Waals surface area contributed by atoms with E-state index in [0.29, 0.717) is 23.6 Å². The van der Waals surface area contributed by atoms with E-state index in [1.165, 1.54) is 13.3 Å². The minimum Gasteiger partial charge on any atom is -0.494 e. The van der Waals surface area contributed by atoms with Crippen LogP contribution in [0.15, 0.2) is 18.2 Å². The summed E-state index contributed by atoms with van der Waals surface area (Å²) in [7, 11) is 3.38. The molecule has 1 fully saturated rings. The van der Waals surface area contributed by atoms with Crippen LogP contribution in [0.2, 0.25) is 0 Å². The Morgan fingerprint density at radius 2 is 2.10 bits per heavy atom. The van der Waals surface area contributed by atoms with Crippen LogP contribution >= 0.6 is 0 Å². The maximum atomic E-state index is 11.2. The van der Waals surface area contributed by atoms with Crippen molar-refractivity contribution in [1.82, 2.24) is 0 Å². The maximum Gasteiger partial charge on any atom is 0.221 e. The Hall–Kier alpha value is -1.75. The fourth-order valence-electron chi connectivity index (χ4n) is 2.80. The topological polar surface area (TPSA) is 59.6 Å². The summed E-state index contributed by atoms with van der Waals surface area (Å²) < 4.78 is 10.8. The third-order valence-electron chi connectivity index (χ3n) is 3.84. The Morgan fingerprint density at radius 1 is 1.29 bits per heavy atom. The first-order valence-electron chi connectivity index (χ1n) is 7.37. The van der Waals surface area contributed by atoms with Gasteiger partial charge < -0.3 is 20.1 Å². The number of hydrogen-bond acceptors (Lipinski definition) is 4. The zero-order valence-electron chi connectivity index (χ0n) is 12.9. The average molecular weight is 292 g/mol. The summed E-state index contributed by atoms with van der Waals surface area (Å²) in [6.07, 6.45) is 4.83. The standard InChI is InChI=1S/C16H24N2O3/c1-11(19)17-15-8-7-13(10-16(15)21-3)18-12-5-4-6-14(9-12)20-2/h7-8,10,12,14,18H,4-6,9H2,1-3H3,(H,17,19). The first kappa shape index (κ1) is 15.6. The van der Waals surface area contributed by atoms with Gasteiger partial charge in [-0.1, -0.05) is 0 Å². The van der Waals surface area contributed by atoms with Gasteiger partial charge >= 0.3 is 0 Å². The minimum absolute atomic E-state index is 0.107. The van der Waals surface area contributed by atoms with Crippen LogP contribution in [0.3, 0.4) is 0 Å². The van der Waals surface area contributed by atoms with Crippen molar-refractivity contribution in [3.05, 3.63) is 18.2 Å². The van der Waals surface area contributed by atoms with Crippen LogP contribution in [-0.4, -0.2) is 32.3 Å². The smallest absolute Gasteiger partial charge is 0.221 e. The Bertz CT molecular complexity index is 490. The Kier molecular flexibility index (Phi) is 5.44. The predicted molar refractivity (Wildman–Crippen MR) is 84.0 cm³/mol. The lowest BCUT2D eigenvalue weighted by Gasteiger charge is -2.29. The van der Waals surface area contributed by atoms with Crippen LogP contribution in [0.1, 0.15) is 32.6 Å². The van der Waals surface area contributed by atoms with Gasteiger partial charge in [0.15, 0.2) is 0 Å². The highest BCUT2D eigenvalue weighted by molar-refractivity contribution is 5.90. The van der Waals surface area contributed by atoms with Crippen LogP contribution in [0.4, 0.5) is 11.4 Å². The number of nitrogens with one attached hydrogen (secondary N) is 2. The molecule has 0 bridgehead atoms. The molecule has 2 rings (SSSR count). The molecule has 0 spiro atoms. The van der Waals surface area contributed by atoms with Crippen molar-refractivity contribution in [3.63, 3.8) is 0 Å². The second-order valence-electron chi connectivity index (χ2n) is 5.46. The average Bonchev–Trinajstić information content (AvgIpc) is 2.48. The second-order valence-corrected chi connectivity index (χ2v) is 5.46. The molecule has 0 aliphatic heterocycles. The van der Waals surface area contributed by atoms with E-state index in [-0.39, 0.29) is 5.91 Å². The van der Waals surface area contributed by atoms with Gasteiger partial charge in [-0.2, -0.15) is 0 Å². The molecule has 0 aromatic heterocycles. The minimum atomic E-state index is -0.107. The summed E-state index contributed by atoms with van der Waals surface area (Å²) in [5.41, 5.74) is 1.69. The van der Waals surface area contributed by atoms with E-state index < -0.39 is 0 Å². The summed E-state index contributed by atoms with van der Waals surface area (Å²) in [6.45, 7) is 1.48. The Balaban J connectivity index is 2.04. The normalized spacial score (nSPS) is 21.7. The van der Waals surface area contributed by atoms with E-state index in [9.17, 15) is 4.79 Å². The molecule has 1 saturated carbocycles. The predicted octanol–water partition coefficient (Wildman–Crippen LogP) is 3.02. The lowest BCUT2D eigenvalue weighted by atomic mass is 9.92. The lowest BCUT2D eigenvalue weighted by molar-refractivity contribution is -0.114. The molecule has 2 unspecified atom stereocenters. The number of ether oxygens (including phenoxy) is 2. The molecule has 0 radical (unpaired) electrons. The van der Waals surface area contributed by atoms with Crippen molar-refractivity contribution in [2.75, 3.05) is 24.9 Å². The summed E-state index contributed by atoms with van der Waals surface area (Å²) in [6, 6.07) is 6.16.